The largest absolute Gasteiger partial charge is 0.504 e. The molecule has 0 radical (unpaired) electrons. The van der Waals surface area contributed by atoms with Gasteiger partial charge in [0.15, 0.2) is 17.6 Å². The average molecular weight is 533 g/mol. The Hall–Kier alpha value is -2.02. The Morgan fingerprint density at radius 2 is 2.03 bits per heavy atom. The van der Waals surface area contributed by atoms with Crippen LogP contribution in [0, 0.1) is 5.92 Å². The summed E-state index contributed by atoms with van der Waals surface area (Å²) >= 11 is 3.78. The number of aromatic hydroxyl groups is 1. The van der Waals surface area contributed by atoms with Gasteiger partial charge in [0, 0.05) is 41.0 Å². The lowest BCUT2D eigenvalue weighted by atomic mass is 9.49. The summed E-state index contributed by atoms with van der Waals surface area (Å²) in [6.45, 7) is 3.07. The van der Waals surface area contributed by atoms with E-state index in [-0.39, 0.29) is 17.9 Å². The molecule has 2 aromatic carbocycles. The number of phenols is 1. The first kappa shape index (κ1) is 20.1. The van der Waals surface area contributed by atoms with E-state index in [0.717, 1.165) is 61.3 Å². The van der Waals surface area contributed by atoms with E-state index < -0.39 is 11.0 Å². The van der Waals surface area contributed by atoms with Gasteiger partial charge in [0.2, 0.25) is 0 Å². The van der Waals surface area contributed by atoms with Crippen LogP contribution in [0.25, 0.3) is 10.9 Å². The van der Waals surface area contributed by atoms with Gasteiger partial charge in [-0.2, -0.15) is 0 Å². The fraction of sp³-hybridized carbons (Fsp3) is 0.517. The first-order valence-corrected chi connectivity index (χ1v) is 14.1. The maximum atomic E-state index is 13.0. The van der Waals surface area contributed by atoms with Crippen LogP contribution >= 0.6 is 15.9 Å². The molecule has 6 heteroatoms. The zero-order valence-electron chi connectivity index (χ0n) is 19.7. The molecular formula is C29H29BrN2O3. The molecule has 1 saturated heterocycles. The molecule has 180 valence electrons. The van der Waals surface area contributed by atoms with Gasteiger partial charge in [0.1, 0.15) is 0 Å². The van der Waals surface area contributed by atoms with Crippen LogP contribution in [0.15, 0.2) is 28.7 Å². The van der Waals surface area contributed by atoms with E-state index in [0.29, 0.717) is 12.2 Å². The Balaban J connectivity index is 1.36. The minimum Gasteiger partial charge on any atom is -0.504 e. The van der Waals surface area contributed by atoms with Gasteiger partial charge in [-0.05, 0) is 85.9 Å². The van der Waals surface area contributed by atoms with Crippen molar-refractivity contribution in [3.05, 3.63) is 56.7 Å². The van der Waals surface area contributed by atoms with E-state index in [4.69, 9.17) is 4.74 Å². The number of rotatable bonds is 2. The number of ether oxygens (including phenoxy) is 1. The molecule has 4 heterocycles. The summed E-state index contributed by atoms with van der Waals surface area (Å²) in [5.41, 5.74) is 6.18. The average Bonchev–Trinajstić information content (AvgIpc) is 3.50. The highest BCUT2D eigenvalue weighted by Gasteiger charge is 2.73. The Morgan fingerprint density at radius 3 is 2.89 bits per heavy atom. The molecule has 1 aromatic heterocycles. The van der Waals surface area contributed by atoms with Crippen molar-refractivity contribution in [2.45, 2.75) is 74.7 Å². The molecule has 6 aliphatic rings. The topological polar surface area (TPSA) is 57.9 Å². The molecule has 2 N–H and O–H groups in total. The molecule has 4 atom stereocenters. The highest BCUT2D eigenvalue weighted by Crippen LogP contribution is 2.69. The fourth-order valence-electron chi connectivity index (χ4n) is 8.88. The highest BCUT2D eigenvalue weighted by molar-refractivity contribution is 9.10. The van der Waals surface area contributed by atoms with Crippen molar-refractivity contribution in [1.82, 2.24) is 9.47 Å². The number of hydrogen-bond donors (Lipinski definition) is 2. The Morgan fingerprint density at radius 1 is 1.14 bits per heavy atom. The lowest BCUT2D eigenvalue weighted by molar-refractivity contribution is -0.173. The zero-order valence-corrected chi connectivity index (χ0v) is 21.3. The van der Waals surface area contributed by atoms with Crippen LogP contribution in [0.1, 0.15) is 59.7 Å². The lowest BCUT2D eigenvalue weighted by Gasteiger charge is -2.63. The summed E-state index contributed by atoms with van der Waals surface area (Å²) in [5, 5.41) is 25.2. The molecule has 3 aliphatic carbocycles. The molecule has 0 unspecified atom stereocenters. The SMILES string of the molecule is Oc1ccc2c3c1O[C@H]1c4c(c5cc(Br)cc6c5n4CCC6)C[C@@]4(O)[C@@H](C2)N(CC2CC2)CC[C@]314. The normalized spacial score (nSPS) is 34.0. The number of fused-ring (bicyclic) bond motifs is 4. The zero-order chi connectivity index (χ0) is 23.3. The van der Waals surface area contributed by atoms with E-state index >= 15 is 0 Å². The van der Waals surface area contributed by atoms with Gasteiger partial charge in [0.05, 0.1) is 22.2 Å². The minimum absolute atomic E-state index is 0.0780. The molecule has 1 saturated carbocycles. The Labute approximate surface area is 212 Å². The van der Waals surface area contributed by atoms with E-state index in [1.54, 1.807) is 0 Å². The summed E-state index contributed by atoms with van der Waals surface area (Å²) < 4.78 is 10.5. The first-order chi connectivity index (χ1) is 17.0. The van der Waals surface area contributed by atoms with Gasteiger partial charge < -0.3 is 19.5 Å². The molecule has 5 nitrogen and oxygen atoms in total. The molecule has 9 rings (SSSR count). The Kier molecular flexibility index (Phi) is 3.60. The van der Waals surface area contributed by atoms with E-state index in [9.17, 15) is 10.2 Å². The fourth-order valence-corrected chi connectivity index (χ4v) is 9.39. The van der Waals surface area contributed by atoms with Crippen molar-refractivity contribution in [3.8, 4) is 11.5 Å². The van der Waals surface area contributed by atoms with Gasteiger partial charge in [-0.1, -0.05) is 22.0 Å². The number of piperidine rings is 1. The number of phenolic OH excluding ortho intramolecular Hbond substituents is 1. The van der Waals surface area contributed by atoms with E-state index in [1.807, 2.05) is 6.07 Å². The minimum atomic E-state index is -0.917. The second kappa shape index (κ2) is 6.27. The number of nitrogens with zero attached hydrogens (tertiary/aromatic N) is 2. The summed E-state index contributed by atoms with van der Waals surface area (Å²) in [4.78, 5) is 2.61. The van der Waals surface area contributed by atoms with Crippen LogP contribution < -0.4 is 4.74 Å². The second-order valence-electron chi connectivity index (χ2n) is 12.0. The van der Waals surface area contributed by atoms with Crippen LogP contribution in [0.2, 0.25) is 0 Å². The number of hydrogen-bond acceptors (Lipinski definition) is 4. The summed E-state index contributed by atoms with van der Waals surface area (Å²) in [6, 6.07) is 8.51. The van der Waals surface area contributed by atoms with Gasteiger partial charge in [0.25, 0.3) is 0 Å². The van der Waals surface area contributed by atoms with Crippen LogP contribution in [0.4, 0.5) is 0 Å². The van der Waals surface area contributed by atoms with Gasteiger partial charge >= 0.3 is 0 Å². The summed E-state index contributed by atoms with van der Waals surface area (Å²) in [7, 11) is 0. The third-order valence-corrected chi connectivity index (χ3v) is 10.8. The third-order valence-electron chi connectivity index (χ3n) is 10.4. The maximum absolute atomic E-state index is 13.0. The molecular weight excluding hydrogens is 504 g/mol. The van der Waals surface area contributed by atoms with Crippen molar-refractivity contribution in [3.63, 3.8) is 0 Å². The van der Waals surface area contributed by atoms with Crippen molar-refractivity contribution >= 4 is 26.8 Å². The molecule has 0 amide bonds. The monoisotopic (exact) mass is 532 g/mol. The molecule has 3 aromatic rings. The number of aryl methyl sites for hydroxylation is 2. The third kappa shape index (κ3) is 2.21. The summed E-state index contributed by atoms with van der Waals surface area (Å²) in [5.74, 6) is 1.63. The van der Waals surface area contributed by atoms with Crippen molar-refractivity contribution in [2.75, 3.05) is 13.1 Å². The predicted molar refractivity (Wildman–Crippen MR) is 136 cm³/mol. The first-order valence-electron chi connectivity index (χ1n) is 13.3. The van der Waals surface area contributed by atoms with Crippen LogP contribution in [-0.4, -0.2) is 44.4 Å². The smallest absolute Gasteiger partial charge is 0.166 e. The highest BCUT2D eigenvalue weighted by atomic mass is 79.9. The maximum Gasteiger partial charge on any atom is 0.166 e. The lowest BCUT2D eigenvalue weighted by Crippen LogP contribution is -2.74. The summed E-state index contributed by atoms with van der Waals surface area (Å²) in [6.07, 6.45) is 6.94. The van der Waals surface area contributed by atoms with Crippen LogP contribution in [0.3, 0.4) is 0 Å². The van der Waals surface area contributed by atoms with Crippen molar-refractivity contribution < 1.29 is 14.9 Å². The van der Waals surface area contributed by atoms with Crippen molar-refractivity contribution in [2.24, 2.45) is 5.92 Å². The Bertz CT molecular complexity index is 1470. The van der Waals surface area contributed by atoms with E-state index in [1.165, 1.54) is 46.1 Å². The van der Waals surface area contributed by atoms with Gasteiger partial charge in [-0.25, -0.2) is 0 Å². The quantitative estimate of drug-likeness (QED) is 0.499. The standard InChI is InChI=1S/C29H29BrN2O3/c30-18-10-17-2-1-8-32-24(17)19(12-18)20-13-29(34)22-11-16-5-6-21(33)26-23(16)28(29,27(35-26)25(20)32)7-9-31(22)14-15-3-4-15/h5-6,10,12,15,22,27,33-34H,1-4,7-9,11,13-14H2/t22-,27+,28+,29-/m1/s1. The molecule has 2 fully saturated rings. The van der Waals surface area contributed by atoms with E-state index in [2.05, 4.69) is 43.6 Å². The number of likely N-dealkylation sites (tertiary alicyclic amines) is 1. The van der Waals surface area contributed by atoms with Gasteiger partial charge in [-0.15, -0.1) is 0 Å². The number of aromatic nitrogens is 1. The van der Waals surface area contributed by atoms with Crippen LogP contribution in [0.5, 0.6) is 11.5 Å². The van der Waals surface area contributed by atoms with Gasteiger partial charge in [-0.3, -0.25) is 4.90 Å². The molecule has 3 aliphatic heterocycles. The molecule has 2 bridgehead atoms. The number of aliphatic hydroxyl groups is 1. The number of benzene rings is 2. The second-order valence-corrected chi connectivity index (χ2v) is 12.9. The molecule has 1 spiro atoms. The van der Waals surface area contributed by atoms with Crippen molar-refractivity contribution in [1.29, 1.82) is 0 Å². The number of halogens is 1. The predicted octanol–water partition coefficient (Wildman–Crippen LogP) is 4.75. The van der Waals surface area contributed by atoms with Crippen LogP contribution in [-0.2, 0) is 31.2 Å². The molecule has 35 heavy (non-hydrogen) atoms.